The molecule has 5 rings (SSSR count). The molecule has 0 saturated heterocycles. The molecule has 3 aromatic heterocycles. The minimum Gasteiger partial charge on any atom is -0.506 e. The van der Waals surface area contributed by atoms with Crippen molar-refractivity contribution in [3.63, 3.8) is 0 Å². The summed E-state index contributed by atoms with van der Waals surface area (Å²) in [6, 6.07) is 22.7. The van der Waals surface area contributed by atoms with Crippen LogP contribution in [0.1, 0.15) is 28.2 Å². The topological polar surface area (TPSA) is 205 Å². The van der Waals surface area contributed by atoms with E-state index < -0.39 is 20.2 Å². The first kappa shape index (κ1) is 42.7. The Hall–Kier alpha value is -4.68. The largest absolute Gasteiger partial charge is 0.506 e. The molecule has 0 aliphatic heterocycles. The summed E-state index contributed by atoms with van der Waals surface area (Å²) >= 11 is 5.63. The van der Waals surface area contributed by atoms with Gasteiger partial charge in [-0.25, -0.2) is 0 Å². The second kappa shape index (κ2) is 21.8. The Morgan fingerprint density at radius 2 is 0.943 bits per heavy atom. The normalized spacial score (nSPS) is 11.0. The summed E-state index contributed by atoms with van der Waals surface area (Å²) in [6.07, 6.45) is 4.29. The predicted octanol–water partition coefficient (Wildman–Crippen LogP) is 4.86. The van der Waals surface area contributed by atoms with Crippen molar-refractivity contribution in [2.45, 2.75) is 42.7 Å². The van der Waals surface area contributed by atoms with Gasteiger partial charge in [-0.2, -0.15) is 16.8 Å². The Kier molecular flexibility index (Phi) is 17.5. The number of benzene rings is 2. The number of nitrogens with zero attached hydrogens (tertiary/aromatic N) is 3. The monoisotopic (exact) mass is 789 g/mol. The second-order valence-corrected chi connectivity index (χ2v) is 14.3. The fourth-order valence-corrected chi connectivity index (χ4v) is 5.77. The van der Waals surface area contributed by atoms with Crippen molar-refractivity contribution in [3.05, 3.63) is 132 Å². The molecule has 53 heavy (non-hydrogen) atoms. The molecular formula is C36H40ClN3O11S2. The first-order valence-electron chi connectivity index (χ1n) is 15.8. The molecule has 3 heterocycles. The van der Waals surface area contributed by atoms with Crippen molar-refractivity contribution in [2.24, 2.45) is 0 Å². The minimum absolute atomic E-state index is 0.0746. The van der Waals surface area contributed by atoms with Gasteiger partial charge in [0, 0.05) is 0 Å². The molecule has 0 aliphatic carbocycles. The Morgan fingerprint density at radius 1 is 0.547 bits per heavy atom. The molecule has 0 spiro atoms. The van der Waals surface area contributed by atoms with Crippen molar-refractivity contribution >= 4 is 31.8 Å². The SMILES string of the molecule is Cc1ccc(S(=O)(=O)OCCOc2ccc(CCl)nc2)cc1.Cc1ccc(S(=O)(=O)OCCOc2ccc(CO)nc2)cc1.OCc1ccc(O)cn1. The van der Waals surface area contributed by atoms with Gasteiger partial charge in [0.1, 0.15) is 43.7 Å². The van der Waals surface area contributed by atoms with Gasteiger partial charge < -0.3 is 24.8 Å². The third-order valence-electron chi connectivity index (χ3n) is 6.67. The molecule has 0 bridgehead atoms. The zero-order chi connectivity index (χ0) is 38.7. The van der Waals surface area contributed by atoms with Crippen LogP contribution in [-0.4, -0.2) is 73.5 Å². The maximum atomic E-state index is 11.9. The number of pyridine rings is 3. The van der Waals surface area contributed by atoms with Gasteiger partial charge in [0.15, 0.2) is 0 Å². The first-order chi connectivity index (χ1) is 25.3. The number of halogens is 1. The highest BCUT2D eigenvalue weighted by atomic mass is 35.5. The van der Waals surface area contributed by atoms with Gasteiger partial charge in [-0.3, -0.25) is 23.3 Å². The molecule has 0 fully saturated rings. The number of aliphatic hydroxyl groups is 2. The van der Waals surface area contributed by atoms with Gasteiger partial charge in [0.25, 0.3) is 20.2 Å². The number of hydrogen-bond donors (Lipinski definition) is 3. The van der Waals surface area contributed by atoms with E-state index in [0.717, 1.165) is 16.8 Å². The van der Waals surface area contributed by atoms with Crippen LogP contribution in [0.25, 0.3) is 0 Å². The molecule has 3 N–H and O–H groups in total. The summed E-state index contributed by atoms with van der Waals surface area (Å²) in [5.41, 5.74) is 3.79. The number of alkyl halides is 1. The van der Waals surface area contributed by atoms with E-state index in [1.54, 1.807) is 54.6 Å². The summed E-state index contributed by atoms with van der Waals surface area (Å²) in [5, 5.41) is 26.1. The van der Waals surface area contributed by atoms with E-state index in [-0.39, 0.29) is 55.2 Å². The van der Waals surface area contributed by atoms with Crippen LogP contribution in [0.3, 0.4) is 0 Å². The average Bonchev–Trinajstić information content (AvgIpc) is 3.17. The van der Waals surface area contributed by atoms with E-state index in [9.17, 15) is 16.8 Å². The summed E-state index contributed by atoms with van der Waals surface area (Å²) in [4.78, 5) is 12.0. The molecule has 5 aromatic rings. The van der Waals surface area contributed by atoms with Gasteiger partial charge >= 0.3 is 0 Å². The summed E-state index contributed by atoms with van der Waals surface area (Å²) in [7, 11) is -7.53. The number of aliphatic hydroxyl groups excluding tert-OH is 2. The van der Waals surface area contributed by atoms with E-state index >= 15 is 0 Å². The lowest BCUT2D eigenvalue weighted by molar-refractivity contribution is 0.220. The third kappa shape index (κ3) is 15.4. The minimum atomic E-state index is -3.77. The molecule has 0 unspecified atom stereocenters. The number of aryl methyl sites for hydroxylation is 2. The molecule has 0 aliphatic rings. The smallest absolute Gasteiger partial charge is 0.297 e. The van der Waals surface area contributed by atoms with Crippen LogP contribution in [0.2, 0.25) is 0 Å². The van der Waals surface area contributed by atoms with E-state index in [1.807, 2.05) is 13.8 Å². The van der Waals surface area contributed by atoms with Gasteiger partial charge in [-0.15, -0.1) is 11.6 Å². The summed E-state index contributed by atoms with van der Waals surface area (Å²) < 4.78 is 68.2. The number of ether oxygens (including phenoxy) is 2. The maximum absolute atomic E-state index is 11.9. The number of aromatic hydroxyl groups is 1. The van der Waals surface area contributed by atoms with E-state index in [0.29, 0.717) is 28.8 Å². The average molecular weight is 790 g/mol. The highest BCUT2D eigenvalue weighted by Crippen LogP contribution is 2.16. The molecule has 0 amide bonds. The lowest BCUT2D eigenvalue weighted by Crippen LogP contribution is -2.13. The van der Waals surface area contributed by atoms with Gasteiger partial charge in [0.05, 0.1) is 64.6 Å². The number of aromatic nitrogens is 3. The van der Waals surface area contributed by atoms with Crippen molar-refractivity contribution in [3.8, 4) is 17.2 Å². The van der Waals surface area contributed by atoms with E-state index in [1.165, 1.54) is 48.9 Å². The Balaban J connectivity index is 0.000000232. The van der Waals surface area contributed by atoms with Crippen molar-refractivity contribution in [2.75, 3.05) is 26.4 Å². The number of hydrogen-bond acceptors (Lipinski definition) is 14. The first-order valence-corrected chi connectivity index (χ1v) is 19.2. The highest BCUT2D eigenvalue weighted by molar-refractivity contribution is 7.87. The van der Waals surface area contributed by atoms with Crippen LogP contribution in [0.4, 0.5) is 0 Å². The zero-order valence-electron chi connectivity index (χ0n) is 28.9. The highest BCUT2D eigenvalue weighted by Gasteiger charge is 2.15. The maximum Gasteiger partial charge on any atom is 0.297 e. The van der Waals surface area contributed by atoms with Crippen LogP contribution in [0.15, 0.2) is 113 Å². The fourth-order valence-electron chi connectivity index (χ4n) is 3.83. The molecule has 0 radical (unpaired) electrons. The van der Waals surface area contributed by atoms with Gasteiger partial charge in [0.2, 0.25) is 0 Å². The van der Waals surface area contributed by atoms with Crippen LogP contribution in [0, 0.1) is 13.8 Å². The van der Waals surface area contributed by atoms with Gasteiger partial charge in [-0.1, -0.05) is 35.4 Å². The lowest BCUT2D eigenvalue weighted by atomic mass is 10.2. The molecule has 284 valence electrons. The van der Waals surface area contributed by atoms with Crippen molar-refractivity contribution < 1.29 is 50.0 Å². The molecule has 17 heteroatoms. The summed E-state index contributed by atoms with van der Waals surface area (Å²) in [6.45, 7) is 3.54. The van der Waals surface area contributed by atoms with E-state index in [4.69, 9.17) is 44.8 Å². The van der Waals surface area contributed by atoms with E-state index in [2.05, 4.69) is 15.0 Å². The lowest BCUT2D eigenvalue weighted by Gasteiger charge is -2.08. The van der Waals surface area contributed by atoms with Crippen LogP contribution in [-0.2, 0) is 47.7 Å². The van der Waals surface area contributed by atoms with Crippen LogP contribution < -0.4 is 9.47 Å². The zero-order valence-corrected chi connectivity index (χ0v) is 31.3. The molecule has 14 nitrogen and oxygen atoms in total. The fraction of sp³-hybridized carbons (Fsp3) is 0.250. The Morgan fingerprint density at radius 3 is 1.28 bits per heavy atom. The molecular weight excluding hydrogens is 750 g/mol. The van der Waals surface area contributed by atoms with Gasteiger partial charge in [-0.05, 0) is 74.5 Å². The van der Waals surface area contributed by atoms with Crippen molar-refractivity contribution in [1.29, 1.82) is 0 Å². The predicted molar refractivity (Wildman–Crippen MR) is 195 cm³/mol. The quantitative estimate of drug-likeness (QED) is 0.0737. The second-order valence-electron chi connectivity index (χ2n) is 10.8. The Labute approximate surface area is 313 Å². The third-order valence-corrected chi connectivity index (χ3v) is 9.59. The van der Waals surface area contributed by atoms with Crippen molar-refractivity contribution in [1.82, 2.24) is 15.0 Å². The Bertz CT molecular complexity index is 1890. The molecule has 0 atom stereocenters. The standard InChI is InChI=1S/C15H16ClNO4S.C15H17NO5S.C6H7NO2/c1-12-2-6-15(7-3-12)22(18,19)21-9-8-20-14-5-4-13(10-16)17-11-14;1-12-2-6-15(7-3-12)22(18,19)21-9-8-20-14-5-4-13(11-17)16-10-14;8-4-5-1-2-6(9)3-7-5/h2-7,11H,8-10H2,1H3;2-7,10,17H,8-9,11H2,1H3;1-3,8-9H,4H2. The van der Waals surface area contributed by atoms with Crippen LogP contribution in [0.5, 0.6) is 17.2 Å². The number of rotatable bonds is 15. The molecule has 0 saturated carbocycles. The summed E-state index contributed by atoms with van der Waals surface area (Å²) in [5.74, 6) is 1.46. The van der Waals surface area contributed by atoms with Crippen LogP contribution >= 0.6 is 11.6 Å². The molecule has 2 aromatic carbocycles.